The number of unbranched alkanes of at least 4 members (excludes halogenated alkanes) is 2. The quantitative estimate of drug-likeness (QED) is 0.387. The molecule has 0 saturated carbocycles. The first-order valence-electron chi connectivity index (χ1n) is 10.8. The van der Waals surface area contributed by atoms with Crippen LogP contribution in [0, 0.1) is 13.8 Å². The van der Waals surface area contributed by atoms with E-state index in [0.717, 1.165) is 38.9 Å². The lowest BCUT2D eigenvalue weighted by molar-refractivity contribution is -0.207. The molecule has 2 aromatic rings. The number of ether oxygens (including phenoxy) is 2. The van der Waals surface area contributed by atoms with Crippen LogP contribution in [0.3, 0.4) is 0 Å². The molecule has 0 bridgehead atoms. The third-order valence-electron chi connectivity index (χ3n) is 5.83. The predicted octanol–water partition coefficient (Wildman–Crippen LogP) is 7.07. The van der Waals surface area contributed by atoms with E-state index in [4.69, 9.17) is 9.47 Å². The summed E-state index contributed by atoms with van der Waals surface area (Å²) in [5.74, 6) is 0. The maximum absolute atomic E-state index is 6.68. The summed E-state index contributed by atoms with van der Waals surface area (Å²) in [5, 5.41) is 0. The maximum atomic E-state index is 6.68. The second-order valence-electron chi connectivity index (χ2n) is 8.21. The van der Waals surface area contributed by atoms with Gasteiger partial charge in [-0.3, -0.25) is 0 Å². The second kappa shape index (κ2) is 10.2. The van der Waals surface area contributed by atoms with Gasteiger partial charge in [-0.05, 0) is 51.7 Å². The highest BCUT2D eigenvalue weighted by Crippen LogP contribution is 2.46. The molecule has 0 spiro atoms. The van der Waals surface area contributed by atoms with Crippen molar-refractivity contribution < 1.29 is 9.47 Å². The summed E-state index contributed by atoms with van der Waals surface area (Å²) in [4.78, 5) is 0. The Bertz CT molecular complexity index is 675. The van der Waals surface area contributed by atoms with Crippen molar-refractivity contribution in [3.8, 4) is 0 Å². The van der Waals surface area contributed by atoms with Crippen molar-refractivity contribution in [3.05, 3.63) is 70.8 Å². The molecule has 2 rings (SSSR count). The Balaban J connectivity index is 2.59. The van der Waals surface area contributed by atoms with E-state index in [2.05, 4.69) is 90.1 Å². The first kappa shape index (κ1) is 22.6. The van der Waals surface area contributed by atoms with Crippen LogP contribution in [-0.4, -0.2) is 13.2 Å². The summed E-state index contributed by atoms with van der Waals surface area (Å²) < 4.78 is 13.4. The van der Waals surface area contributed by atoms with Gasteiger partial charge in [0.2, 0.25) is 0 Å². The molecule has 0 aliphatic rings. The summed E-state index contributed by atoms with van der Waals surface area (Å²) in [7, 11) is 0. The maximum Gasteiger partial charge on any atom is 0.123 e. The van der Waals surface area contributed by atoms with Gasteiger partial charge in [0, 0.05) is 13.2 Å². The average molecular weight is 383 g/mol. The van der Waals surface area contributed by atoms with Gasteiger partial charge in [-0.2, -0.15) is 0 Å². The minimum Gasteiger partial charge on any atom is -0.367 e. The van der Waals surface area contributed by atoms with Crippen LogP contribution in [0.25, 0.3) is 0 Å². The molecular formula is C26H38O2. The second-order valence-corrected chi connectivity index (χ2v) is 8.21. The zero-order valence-electron chi connectivity index (χ0n) is 18.7. The standard InChI is InChI=1S/C26H38O2/c1-7-9-17-27-25(5,23-15-11-13-21(3)19-23)26(6,28-18-10-8-2)24-16-12-14-22(4)20-24/h11-16,19-20H,7-10,17-18H2,1-6H3. The highest BCUT2D eigenvalue weighted by atomic mass is 16.6. The summed E-state index contributed by atoms with van der Waals surface area (Å²) in [6, 6.07) is 17.3. The van der Waals surface area contributed by atoms with Gasteiger partial charge in [0.25, 0.3) is 0 Å². The van der Waals surface area contributed by atoms with Gasteiger partial charge in [0.05, 0.1) is 0 Å². The summed E-state index contributed by atoms with van der Waals surface area (Å²) in [5.41, 5.74) is 3.64. The van der Waals surface area contributed by atoms with Gasteiger partial charge in [0.15, 0.2) is 0 Å². The number of rotatable bonds is 11. The van der Waals surface area contributed by atoms with E-state index in [9.17, 15) is 0 Å². The van der Waals surface area contributed by atoms with Crippen LogP contribution in [0.15, 0.2) is 48.5 Å². The molecule has 0 radical (unpaired) electrons. The molecule has 0 fully saturated rings. The SMILES string of the molecule is CCCCOC(C)(c1cccc(C)c1)C(C)(OCCCC)c1cccc(C)c1. The Hall–Kier alpha value is -1.64. The zero-order chi connectivity index (χ0) is 20.6. The first-order chi connectivity index (χ1) is 13.4. The minimum absolute atomic E-state index is 0.588. The van der Waals surface area contributed by atoms with Crippen molar-refractivity contribution >= 4 is 0 Å². The van der Waals surface area contributed by atoms with Crippen molar-refractivity contribution in [2.75, 3.05) is 13.2 Å². The lowest BCUT2D eigenvalue weighted by atomic mass is 9.74. The molecule has 0 aromatic heterocycles. The normalized spacial score (nSPS) is 15.8. The fraction of sp³-hybridized carbons (Fsp3) is 0.538. The number of aryl methyl sites for hydroxylation is 2. The molecule has 2 nitrogen and oxygen atoms in total. The fourth-order valence-corrected chi connectivity index (χ4v) is 3.72. The van der Waals surface area contributed by atoms with E-state index in [1.54, 1.807) is 0 Å². The minimum atomic E-state index is -0.588. The van der Waals surface area contributed by atoms with Crippen molar-refractivity contribution in [2.45, 2.75) is 78.4 Å². The molecule has 0 heterocycles. The van der Waals surface area contributed by atoms with Crippen molar-refractivity contribution in [2.24, 2.45) is 0 Å². The van der Waals surface area contributed by atoms with Gasteiger partial charge in [-0.1, -0.05) is 86.3 Å². The van der Waals surface area contributed by atoms with E-state index in [0.29, 0.717) is 0 Å². The first-order valence-corrected chi connectivity index (χ1v) is 10.8. The molecule has 0 aliphatic heterocycles. The Labute approximate surface area is 172 Å². The Morgan fingerprint density at radius 3 is 1.39 bits per heavy atom. The zero-order valence-corrected chi connectivity index (χ0v) is 18.7. The van der Waals surface area contributed by atoms with Gasteiger partial charge in [-0.25, -0.2) is 0 Å². The van der Waals surface area contributed by atoms with Crippen molar-refractivity contribution in [3.63, 3.8) is 0 Å². The van der Waals surface area contributed by atoms with E-state index < -0.39 is 11.2 Å². The van der Waals surface area contributed by atoms with Crippen LogP contribution in [0.1, 0.15) is 75.6 Å². The summed E-state index contributed by atoms with van der Waals surface area (Å²) in [6.45, 7) is 14.5. The smallest absolute Gasteiger partial charge is 0.123 e. The topological polar surface area (TPSA) is 18.5 Å². The molecule has 2 unspecified atom stereocenters. The van der Waals surface area contributed by atoms with Crippen LogP contribution in [0.4, 0.5) is 0 Å². The largest absolute Gasteiger partial charge is 0.367 e. The highest BCUT2D eigenvalue weighted by Gasteiger charge is 2.49. The van der Waals surface area contributed by atoms with Crippen molar-refractivity contribution in [1.82, 2.24) is 0 Å². The highest BCUT2D eigenvalue weighted by molar-refractivity contribution is 5.37. The third-order valence-corrected chi connectivity index (χ3v) is 5.83. The number of hydrogen-bond donors (Lipinski definition) is 0. The third kappa shape index (κ3) is 5.04. The van der Waals surface area contributed by atoms with Gasteiger partial charge >= 0.3 is 0 Å². The Morgan fingerprint density at radius 1 is 0.679 bits per heavy atom. The van der Waals surface area contributed by atoms with Gasteiger partial charge in [0.1, 0.15) is 11.2 Å². The molecule has 0 amide bonds. The van der Waals surface area contributed by atoms with Crippen molar-refractivity contribution in [1.29, 1.82) is 0 Å². The molecule has 2 heteroatoms. The van der Waals surface area contributed by atoms with E-state index >= 15 is 0 Å². The average Bonchev–Trinajstić information content (AvgIpc) is 2.68. The summed E-state index contributed by atoms with van der Waals surface area (Å²) >= 11 is 0. The van der Waals surface area contributed by atoms with Gasteiger partial charge < -0.3 is 9.47 Å². The van der Waals surface area contributed by atoms with E-state index in [-0.39, 0.29) is 0 Å². The molecule has 154 valence electrons. The Morgan fingerprint density at radius 2 is 1.07 bits per heavy atom. The molecule has 2 aromatic carbocycles. The van der Waals surface area contributed by atoms with E-state index in [1.165, 1.54) is 22.3 Å². The molecule has 0 N–H and O–H groups in total. The van der Waals surface area contributed by atoms with Crippen LogP contribution in [0.2, 0.25) is 0 Å². The van der Waals surface area contributed by atoms with Crippen LogP contribution in [-0.2, 0) is 20.7 Å². The lowest BCUT2D eigenvalue weighted by Crippen LogP contribution is -2.49. The molecule has 0 aliphatic carbocycles. The fourth-order valence-electron chi connectivity index (χ4n) is 3.72. The molecule has 2 atom stereocenters. The predicted molar refractivity (Wildman–Crippen MR) is 119 cm³/mol. The van der Waals surface area contributed by atoms with Crippen LogP contribution in [0.5, 0.6) is 0 Å². The molecule has 0 saturated heterocycles. The van der Waals surface area contributed by atoms with Gasteiger partial charge in [-0.15, -0.1) is 0 Å². The number of benzene rings is 2. The van der Waals surface area contributed by atoms with Crippen LogP contribution < -0.4 is 0 Å². The number of hydrogen-bond acceptors (Lipinski definition) is 2. The molecular weight excluding hydrogens is 344 g/mol. The van der Waals surface area contributed by atoms with E-state index in [1.807, 2.05) is 0 Å². The molecule has 28 heavy (non-hydrogen) atoms. The van der Waals surface area contributed by atoms with Crippen LogP contribution >= 0.6 is 0 Å². The summed E-state index contributed by atoms with van der Waals surface area (Å²) in [6.07, 6.45) is 4.31. The lowest BCUT2D eigenvalue weighted by Gasteiger charge is -2.47. The monoisotopic (exact) mass is 382 g/mol. The Kier molecular flexibility index (Phi) is 8.27.